The van der Waals surface area contributed by atoms with Crippen molar-refractivity contribution in [3.8, 4) is 0 Å². The van der Waals surface area contributed by atoms with Crippen molar-refractivity contribution >= 4 is 11.9 Å². The van der Waals surface area contributed by atoms with Gasteiger partial charge in [-0.05, 0) is 38.0 Å². The highest BCUT2D eigenvalue weighted by Crippen LogP contribution is 2.18. The maximum Gasteiger partial charge on any atom is 0.239 e. The highest BCUT2D eigenvalue weighted by molar-refractivity contribution is 5.86. The second-order valence-corrected chi connectivity index (χ2v) is 7.07. The van der Waals surface area contributed by atoms with Crippen molar-refractivity contribution in [3.05, 3.63) is 0 Å². The zero-order valence-electron chi connectivity index (χ0n) is 15.4. The van der Waals surface area contributed by atoms with E-state index in [9.17, 15) is 4.79 Å². The van der Waals surface area contributed by atoms with Crippen LogP contribution in [0.4, 0.5) is 0 Å². The van der Waals surface area contributed by atoms with Crippen LogP contribution in [-0.4, -0.2) is 63.2 Å². The van der Waals surface area contributed by atoms with Crippen LogP contribution in [0.2, 0.25) is 0 Å². The van der Waals surface area contributed by atoms with Crippen LogP contribution in [0.3, 0.4) is 0 Å². The molecule has 0 aromatic heterocycles. The number of ether oxygens (including phenoxy) is 1. The van der Waals surface area contributed by atoms with Gasteiger partial charge in [0, 0.05) is 39.9 Å². The Morgan fingerprint density at radius 1 is 1.17 bits per heavy atom. The van der Waals surface area contributed by atoms with Gasteiger partial charge in [-0.15, -0.1) is 0 Å². The molecule has 6 heteroatoms. The molecule has 2 N–H and O–H groups in total. The molecule has 24 heavy (non-hydrogen) atoms. The molecule has 1 aliphatic heterocycles. The zero-order chi connectivity index (χ0) is 17.2. The molecule has 1 heterocycles. The summed E-state index contributed by atoms with van der Waals surface area (Å²) in [4.78, 5) is 18.5. The molecule has 0 spiro atoms. The Morgan fingerprint density at radius 2 is 1.88 bits per heavy atom. The summed E-state index contributed by atoms with van der Waals surface area (Å²) < 4.78 is 5.41. The minimum atomic E-state index is 0.0703. The van der Waals surface area contributed by atoms with E-state index in [4.69, 9.17) is 4.74 Å². The number of guanidine groups is 1. The molecule has 0 aromatic carbocycles. The second-order valence-electron chi connectivity index (χ2n) is 7.07. The van der Waals surface area contributed by atoms with Crippen molar-refractivity contribution in [1.82, 2.24) is 15.5 Å². The van der Waals surface area contributed by atoms with Crippen LogP contribution in [0.25, 0.3) is 0 Å². The lowest BCUT2D eigenvalue weighted by Crippen LogP contribution is -2.46. The first-order valence-corrected chi connectivity index (χ1v) is 9.48. The fourth-order valence-electron chi connectivity index (χ4n) is 3.59. The number of carbonyl (C=O) groups is 1. The predicted octanol–water partition coefficient (Wildman–Crippen LogP) is 1.76. The van der Waals surface area contributed by atoms with Crippen molar-refractivity contribution in [3.63, 3.8) is 0 Å². The van der Waals surface area contributed by atoms with Crippen molar-refractivity contribution in [2.45, 2.75) is 57.4 Å². The van der Waals surface area contributed by atoms with E-state index in [-0.39, 0.29) is 5.91 Å². The highest BCUT2D eigenvalue weighted by atomic mass is 16.5. The smallest absolute Gasteiger partial charge is 0.239 e. The molecule has 138 valence electrons. The summed E-state index contributed by atoms with van der Waals surface area (Å²) in [6.45, 7) is 3.03. The molecule has 1 saturated carbocycles. The van der Waals surface area contributed by atoms with Crippen LogP contribution in [0, 0.1) is 5.92 Å². The van der Waals surface area contributed by atoms with Gasteiger partial charge in [-0.2, -0.15) is 0 Å². The average Bonchev–Trinajstić information content (AvgIpc) is 2.62. The van der Waals surface area contributed by atoms with Crippen molar-refractivity contribution in [2.75, 3.05) is 40.4 Å². The van der Waals surface area contributed by atoms with Gasteiger partial charge in [-0.1, -0.05) is 19.3 Å². The Labute approximate surface area is 146 Å². The predicted molar refractivity (Wildman–Crippen MR) is 97.2 cm³/mol. The Balaban J connectivity index is 1.65. The lowest BCUT2D eigenvalue weighted by molar-refractivity contribution is -0.120. The first-order valence-electron chi connectivity index (χ1n) is 9.48. The summed E-state index contributed by atoms with van der Waals surface area (Å²) in [5.41, 5.74) is 0. The molecule has 2 rings (SSSR count). The summed E-state index contributed by atoms with van der Waals surface area (Å²) in [5, 5.41) is 6.32. The van der Waals surface area contributed by atoms with Crippen LogP contribution in [0.1, 0.15) is 51.4 Å². The Bertz CT molecular complexity index is 402. The fourth-order valence-corrected chi connectivity index (χ4v) is 3.59. The normalized spacial score (nSPS) is 20.7. The third-order valence-electron chi connectivity index (χ3n) is 5.16. The van der Waals surface area contributed by atoms with Crippen LogP contribution >= 0.6 is 0 Å². The summed E-state index contributed by atoms with van der Waals surface area (Å²) in [5.74, 6) is 1.61. The topological polar surface area (TPSA) is 66.0 Å². The fraction of sp³-hybridized carbons (Fsp3) is 0.889. The van der Waals surface area contributed by atoms with Gasteiger partial charge in [0.1, 0.15) is 0 Å². The molecule has 0 radical (unpaired) electrons. The lowest BCUT2D eigenvalue weighted by atomic mass is 9.95. The van der Waals surface area contributed by atoms with E-state index in [1.807, 2.05) is 7.05 Å². The number of hydrogen-bond acceptors (Lipinski definition) is 3. The summed E-state index contributed by atoms with van der Waals surface area (Å²) in [7, 11) is 3.81. The molecule has 2 aliphatic rings. The maximum atomic E-state index is 12.1. The average molecular weight is 338 g/mol. The molecule has 1 saturated heterocycles. The van der Waals surface area contributed by atoms with Gasteiger partial charge in [0.25, 0.3) is 0 Å². The number of rotatable bonds is 6. The molecule has 0 aromatic rings. The van der Waals surface area contributed by atoms with E-state index in [0.29, 0.717) is 12.6 Å². The first-order chi connectivity index (χ1) is 11.7. The van der Waals surface area contributed by atoms with E-state index < -0.39 is 0 Å². The van der Waals surface area contributed by atoms with Gasteiger partial charge in [-0.3, -0.25) is 9.79 Å². The van der Waals surface area contributed by atoms with Gasteiger partial charge in [-0.25, -0.2) is 0 Å². The number of amides is 1. The summed E-state index contributed by atoms with van der Waals surface area (Å²) in [6.07, 6.45) is 9.46. The lowest BCUT2D eigenvalue weighted by Gasteiger charge is -2.27. The van der Waals surface area contributed by atoms with Crippen LogP contribution in [0.15, 0.2) is 4.99 Å². The molecule has 0 unspecified atom stereocenters. The molecular formula is C18H34N4O2. The standard InChI is InChI=1S/C18H34N4O2/c1-19-18(22(2)11-8-15-9-12-24-13-10-15)20-14-17(23)21-16-6-4-3-5-7-16/h15-16H,3-14H2,1-2H3,(H,19,20)(H,21,23). The number of nitrogens with one attached hydrogen (secondary N) is 2. The van der Waals surface area contributed by atoms with Gasteiger partial charge >= 0.3 is 0 Å². The summed E-state index contributed by atoms with van der Waals surface area (Å²) >= 11 is 0. The third-order valence-corrected chi connectivity index (χ3v) is 5.16. The van der Waals surface area contributed by atoms with Gasteiger partial charge in [0.15, 0.2) is 5.96 Å². The zero-order valence-corrected chi connectivity index (χ0v) is 15.4. The van der Waals surface area contributed by atoms with Gasteiger partial charge in [0.05, 0.1) is 6.54 Å². The van der Waals surface area contributed by atoms with E-state index >= 15 is 0 Å². The maximum absolute atomic E-state index is 12.1. The number of carbonyl (C=O) groups excluding carboxylic acids is 1. The molecule has 2 fully saturated rings. The van der Waals surface area contributed by atoms with Gasteiger partial charge < -0.3 is 20.3 Å². The Morgan fingerprint density at radius 3 is 2.54 bits per heavy atom. The quantitative estimate of drug-likeness (QED) is 0.572. The van der Waals surface area contributed by atoms with E-state index in [1.54, 1.807) is 7.05 Å². The van der Waals surface area contributed by atoms with Crippen LogP contribution < -0.4 is 10.6 Å². The minimum absolute atomic E-state index is 0.0703. The van der Waals surface area contributed by atoms with E-state index in [2.05, 4.69) is 20.5 Å². The highest BCUT2D eigenvalue weighted by Gasteiger charge is 2.17. The Kier molecular flexibility index (Phi) is 8.36. The molecule has 0 atom stereocenters. The second kappa shape index (κ2) is 10.5. The number of hydrogen-bond donors (Lipinski definition) is 2. The SMILES string of the molecule is CN=C(NCC(=O)NC1CCCCC1)N(C)CCC1CCOCC1. The monoisotopic (exact) mass is 338 g/mol. The van der Waals surface area contributed by atoms with Crippen molar-refractivity contribution in [1.29, 1.82) is 0 Å². The number of aliphatic imine (C=N–C) groups is 1. The van der Waals surface area contributed by atoms with Crippen molar-refractivity contribution < 1.29 is 9.53 Å². The van der Waals surface area contributed by atoms with E-state index in [0.717, 1.165) is 63.7 Å². The van der Waals surface area contributed by atoms with Gasteiger partial charge in [0.2, 0.25) is 5.91 Å². The molecule has 6 nitrogen and oxygen atoms in total. The molecular weight excluding hydrogens is 304 g/mol. The molecule has 0 bridgehead atoms. The van der Waals surface area contributed by atoms with Crippen molar-refractivity contribution in [2.24, 2.45) is 10.9 Å². The first kappa shape index (κ1) is 19.0. The molecule has 1 aliphatic carbocycles. The van der Waals surface area contributed by atoms with Crippen LogP contribution in [-0.2, 0) is 9.53 Å². The summed E-state index contributed by atoms with van der Waals surface area (Å²) in [6, 6.07) is 0.362. The molecule has 1 amide bonds. The third kappa shape index (κ3) is 6.67. The number of nitrogens with zero attached hydrogens (tertiary/aromatic N) is 2. The Hall–Kier alpha value is -1.30. The largest absolute Gasteiger partial charge is 0.381 e. The van der Waals surface area contributed by atoms with E-state index in [1.165, 1.54) is 19.3 Å². The minimum Gasteiger partial charge on any atom is -0.381 e. The van der Waals surface area contributed by atoms with Crippen LogP contribution in [0.5, 0.6) is 0 Å².